The molecule has 140 heavy (non-hydrogen) atoms. The van der Waals surface area contributed by atoms with Crippen LogP contribution in [0.4, 0.5) is 0 Å². The van der Waals surface area contributed by atoms with Gasteiger partial charge in [-0.25, -0.2) is 0 Å². The Morgan fingerprint density at radius 1 is 0.129 bits per heavy atom. The molecule has 0 bridgehead atoms. The van der Waals surface area contributed by atoms with E-state index in [0.29, 0.717) is 0 Å². The van der Waals surface area contributed by atoms with Crippen LogP contribution in [0.1, 0.15) is 116 Å². The van der Waals surface area contributed by atoms with Crippen LogP contribution in [-0.4, -0.2) is 0 Å². The minimum absolute atomic E-state index is 0.00396. The molecule has 0 aliphatic carbocycles. The maximum atomic E-state index is 2.49. The van der Waals surface area contributed by atoms with Gasteiger partial charge in [-0.3, -0.25) is 0 Å². The number of aryl methyl sites for hydroxylation is 2. The predicted octanol–water partition coefficient (Wildman–Crippen LogP) is 40.5. The van der Waals surface area contributed by atoms with E-state index in [2.05, 4.69) is 522 Å². The van der Waals surface area contributed by atoms with Crippen LogP contribution in [0, 0.1) is 13.8 Å². The van der Waals surface area contributed by atoms with Crippen LogP contribution in [0.2, 0.25) is 0 Å². The number of fused-ring (bicyclic) bond motifs is 23. The average molecular weight is 1790 g/mol. The average Bonchev–Trinajstić information content (AvgIpc) is 0.661. The molecule has 0 fully saturated rings. The SMILES string of the molecule is CC(C)(C)c1ccc2c(-c3cc4ccc5ccccc5c4c4ccccc34)c3cc(C(C)(C)C)ccc3c(-c3ccc4ccccc4c3)c2c1.CC(C)(C)c1ccc2c(-c3cc4ccc5ccccc5c4c4ccccc34)c3cc(C(C)(C)C)ccc3c(-c3ccccc3)c2c1.Cc1ccc2c(-c3cc4ccc5ccccc5c4c4ccccc34)c3cc(C)ccc3c(-c3ccc4ccccc4c3)c2c1. The van der Waals surface area contributed by atoms with Crippen LogP contribution in [-0.2, 0) is 21.7 Å². The van der Waals surface area contributed by atoms with E-state index >= 15 is 0 Å². The van der Waals surface area contributed by atoms with Crippen molar-refractivity contribution in [3.05, 3.63) is 458 Å². The molecule has 0 radical (unpaired) electrons. The Hall–Kier alpha value is -15.9. The third-order valence-corrected chi connectivity index (χ3v) is 30.3. The first-order valence-electron chi connectivity index (χ1n) is 49.9. The number of rotatable bonds is 6. The maximum absolute atomic E-state index is 2.49. The van der Waals surface area contributed by atoms with Crippen LogP contribution in [0.15, 0.2) is 425 Å². The summed E-state index contributed by atoms with van der Waals surface area (Å²) in [7, 11) is 0. The van der Waals surface area contributed by atoms with Gasteiger partial charge in [0.25, 0.3) is 0 Å². The van der Waals surface area contributed by atoms with E-state index < -0.39 is 0 Å². The smallest absolute Gasteiger partial charge is 0.00198 e. The molecule has 0 aliphatic rings. The summed E-state index contributed by atoms with van der Waals surface area (Å²) in [5, 5.41) is 44.0. The van der Waals surface area contributed by atoms with Crippen molar-refractivity contribution in [2.75, 3.05) is 0 Å². The molecule has 0 N–H and O–H groups in total. The predicted molar refractivity (Wildman–Crippen MR) is 614 cm³/mol. The largest absolute Gasteiger partial charge is 0.0622 e. The lowest BCUT2D eigenvalue weighted by Crippen LogP contribution is -2.11. The Bertz CT molecular complexity index is 9660. The van der Waals surface area contributed by atoms with Gasteiger partial charge in [0, 0.05) is 0 Å². The van der Waals surface area contributed by atoms with Crippen molar-refractivity contribution >= 4 is 183 Å². The second-order valence-corrected chi connectivity index (χ2v) is 43.4. The zero-order valence-corrected chi connectivity index (χ0v) is 82.4. The number of hydrogen-bond acceptors (Lipinski definition) is 0. The molecule has 0 unspecified atom stereocenters. The molecule has 0 nitrogen and oxygen atoms in total. The Morgan fingerprint density at radius 3 is 0.679 bits per heavy atom. The Kier molecular flexibility index (Phi) is 20.8. The molecule has 26 aromatic carbocycles. The van der Waals surface area contributed by atoms with E-state index in [9.17, 15) is 0 Å². The molecule has 0 heteroatoms. The van der Waals surface area contributed by atoms with Crippen molar-refractivity contribution in [3.63, 3.8) is 0 Å². The lowest BCUT2D eigenvalue weighted by atomic mass is 9.78. The summed E-state index contributed by atoms with van der Waals surface area (Å²) in [6.45, 7) is 32.3. The number of benzene rings is 26. The zero-order valence-electron chi connectivity index (χ0n) is 82.4. The van der Waals surface area contributed by atoms with Gasteiger partial charge in [-0.1, -0.05) is 464 Å². The van der Waals surface area contributed by atoms with E-state index in [-0.39, 0.29) is 21.7 Å². The van der Waals surface area contributed by atoms with E-state index in [1.807, 2.05) is 0 Å². The molecule has 0 spiro atoms. The highest BCUT2D eigenvalue weighted by atomic mass is 14.3. The van der Waals surface area contributed by atoms with Gasteiger partial charge in [-0.15, -0.1) is 0 Å². The van der Waals surface area contributed by atoms with Crippen molar-refractivity contribution in [1.82, 2.24) is 0 Å². The second kappa shape index (κ2) is 33.5. The molecule has 672 valence electrons. The standard InChI is InChI=1S/C50H42.C46H40.C44H30/c1-49(2,3)36-24-26-42-44(29-36)47(34-21-19-31-13-7-8-15-33(31)27-34)41-25-23-37(50(4,5)6)30-45(41)48(42)43-28-35-22-20-32-14-9-10-16-38(32)46(35)40-18-12-11-17-39(40)43;1-45(2,3)32-23-25-38-40(27-32)42(30-15-8-7-9-16-30)37-24-22-33(46(4,5)6)28-41(37)44(38)39-26-31-21-20-29-14-10-11-17-34(29)43(31)36-19-13-12-18-35(36)39;1-27-16-22-38-39(23-27)43(32-19-17-29-9-3-4-11-31(29)25-32)37-21-15-28(2)24-40(37)44(38)41-26-33-20-18-30-10-5-6-12-34(30)42(33)36-14-8-7-13-35(36)41/h7-30H,1-6H3;7-28H,1-6H3;3-26H,1-2H3. The Morgan fingerprint density at radius 2 is 0.357 bits per heavy atom. The van der Waals surface area contributed by atoms with Gasteiger partial charge in [-0.05, 0) is 362 Å². The molecule has 0 saturated carbocycles. The van der Waals surface area contributed by atoms with Gasteiger partial charge in [0.05, 0.1) is 0 Å². The molecule has 26 rings (SSSR count). The number of hydrogen-bond donors (Lipinski definition) is 0. The van der Waals surface area contributed by atoms with Crippen LogP contribution >= 0.6 is 0 Å². The first-order valence-corrected chi connectivity index (χ1v) is 49.9. The summed E-state index contributed by atoms with van der Waals surface area (Å²) < 4.78 is 0. The second-order valence-electron chi connectivity index (χ2n) is 43.4. The van der Waals surface area contributed by atoms with Gasteiger partial charge < -0.3 is 0 Å². The van der Waals surface area contributed by atoms with Gasteiger partial charge in [-0.2, -0.15) is 0 Å². The highest BCUT2D eigenvalue weighted by molar-refractivity contribution is 6.33. The fraction of sp³-hybridized carbons (Fsp3) is 0.129. The first kappa shape index (κ1) is 86.9. The molecule has 0 amide bonds. The van der Waals surface area contributed by atoms with Crippen molar-refractivity contribution in [2.24, 2.45) is 0 Å². The maximum Gasteiger partial charge on any atom is -0.00198 e. The minimum Gasteiger partial charge on any atom is -0.0622 e. The van der Waals surface area contributed by atoms with E-state index in [0.717, 1.165) is 0 Å². The third-order valence-electron chi connectivity index (χ3n) is 30.3. The van der Waals surface area contributed by atoms with Gasteiger partial charge in [0.15, 0.2) is 0 Å². The Labute approximate surface area is 820 Å². The van der Waals surface area contributed by atoms with Crippen LogP contribution < -0.4 is 0 Å². The summed E-state index contributed by atoms with van der Waals surface area (Å²) in [5.74, 6) is 0. The van der Waals surface area contributed by atoms with Crippen molar-refractivity contribution in [3.8, 4) is 66.8 Å². The third kappa shape index (κ3) is 14.9. The summed E-state index contributed by atoms with van der Waals surface area (Å²) in [5.41, 5.74) is 23.5. The zero-order chi connectivity index (χ0) is 95.5. The summed E-state index contributed by atoms with van der Waals surface area (Å²) in [6.07, 6.45) is 0. The minimum atomic E-state index is 0.00396. The first-order chi connectivity index (χ1) is 67.8. The van der Waals surface area contributed by atoms with E-state index in [1.54, 1.807) is 0 Å². The van der Waals surface area contributed by atoms with Crippen LogP contribution in [0.5, 0.6) is 0 Å². The summed E-state index contributed by atoms with van der Waals surface area (Å²) in [4.78, 5) is 0. The summed E-state index contributed by atoms with van der Waals surface area (Å²) in [6, 6.07) is 160. The fourth-order valence-corrected chi connectivity index (χ4v) is 23.1. The lowest BCUT2D eigenvalue weighted by Gasteiger charge is -2.25. The van der Waals surface area contributed by atoms with Crippen molar-refractivity contribution in [1.29, 1.82) is 0 Å². The van der Waals surface area contributed by atoms with Crippen LogP contribution in [0.25, 0.3) is 250 Å². The quantitative estimate of drug-likeness (QED) is 0.115. The Balaban J connectivity index is 0.000000114. The van der Waals surface area contributed by atoms with E-state index in [1.165, 1.54) is 283 Å². The molecular weight excluding hydrogens is 1680 g/mol. The summed E-state index contributed by atoms with van der Waals surface area (Å²) >= 11 is 0. The molecular formula is C140H112. The lowest BCUT2D eigenvalue weighted by molar-refractivity contribution is 0.590. The molecule has 0 heterocycles. The van der Waals surface area contributed by atoms with E-state index in [4.69, 9.17) is 0 Å². The van der Waals surface area contributed by atoms with Gasteiger partial charge >= 0.3 is 0 Å². The van der Waals surface area contributed by atoms with Gasteiger partial charge in [0.2, 0.25) is 0 Å². The topological polar surface area (TPSA) is 0 Å². The van der Waals surface area contributed by atoms with Crippen molar-refractivity contribution < 1.29 is 0 Å². The molecule has 0 aliphatic heterocycles. The fourth-order valence-electron chi connectivity index (χ4n) is 23.1. The molecule has 26 aromatic rings. The molecule has 0 atom stereocenters. The molecule has 0 aromatic heterocycles. The highest BCUT2D eigenvalue weighted by Crippen LogP contribution is 2.55. The highest BCUT2D eigenvalue weighted by Gasteiger charge is 2.30. The van der Waals surface area contributed by atoms with Crippen LogP contribution in [0.3, 0.4) is 0 Å². The monoisotopic (exact) mass is 1790 g/mol. The normalized spacial score (nSPS) is 12.4. The molecule has 0 saturated heterocycles. The van der Waals surface area contributed by atoms with Gasteiger partial charge in [0.1, 0.15) is 0 Å². The van der Waals surface area contributed by atoms with Crippen molar-refractivity contribution in [2.45, 2.75) is 119 Å².